The van der Waals surface area contributed by atoms with Gasteiger partial charge in [-0.1, -0.05) is 14.9 Å². The van der Waals surface area contributed by atoms with Crippen LogP contribution in [0.25, 0.3) is 0 Å². The Morgan fingerprint density at radius 3 is 2.44 bits per heavy atom. The number of hydroxylamine groups is 2. The van der Waals surface area contributed by atoms with Crippen molar-refractivity contribution < 1.29 is 44.5 Å². The van der Waals surface area contributed by atoms with Gasteiger partial charge in [0.15, 0.2) is 6.73 Å². The van der Waals surface area contributed by atoms with Crippen molar-refractivity contribution in [2.75, 3.05) is 6.73 Å². The van der Waals surface area contributed by atoms with Gasteiger partial charge < -0.3 is 10.1 Å². The molecule has 1 heterocycles. The minimum absolute atomic E-state index is 0. The molecule has 1 rings (SSSR count). The molecule has 0 aromatic heterocycles. The first-order valence-electron chi connectivity index (χ1n) is 3.95. The molecule has 0 aromatic rings. The van der Waals surface area contributed by atoms with E-state index in [9.17, 15) is 19.6 Å². The van der Waals surface area contributed by atoms with E-state index >= 15 is 0 Å². The lowest BCUT2D eigenvalue weighted by Crippen LogP contribution is -2.34. The highest BCUT2D eigenvalue weighted by Crippen LogP contribution is 2.07. The van der Waals surface area contributed by atoms with Gasteiger partial charge >= 0.3 is 5.97 Å². The fraction of sp³-hybridized carbons (Fsp3) is 0.625. The third kappa shape index (κ3) is 5.65. The molecular weight excluding hydrogens is 254 g/mol. The van der Waals surface area contributed by atoms with Crippen molar-refractivity contribution in [3.05, 3.63) is 0 Å². The summed E-state index contributed by atoms with van der Waals surface area (Å²) in [6, 6.07) is 0. The summed E-state index contributed by atoms with van der Waals surface area (Å²) in [5.74, 6) is -2.67. The first-order valence-corrected chi connectivity index (χ1v) is 3.95. The van der Waals surface area contributed by atoms with Crippen molar-refractivity contribution in [1.29, 1.82) is 0 Å². The molecule has 1 saturated heterocycles. The number of Topliss-reactive ketones (excluding diaryl/α,β-unsaturated/α-hetero) is 1. The molecule has 0 aromatic carbocycles. The Morgan fingerprint density at radius 2 is 1.83 bits per heavy atom. The zero-order valence-electron chi connectivity index (χ0n) is 7.74. The maximum absolute atomic E-state index is 11.2. The zero-order chi connectivity index (χ0) is 12.0. The van der Waals surface area contributed by atoms with Gasteiger partial charge in [0.05, 0.1) is 0 Å². The Bertz CT molecular complexity index is 292. The molecule has 106 valence electrons. The molecular formula is C8H14NO9-. The van der Waals surface area contributed by atoms with Gasteiger partial charge in [-0.15, -0.1) is 5.06 Å². The average molecular weight is 268 g/mol. The van der Waals surface area contributed by atoms with E-state index in [4.69, 9.17) is 0 Å². The Balaban J connectivity index is 0. The second-order valence-corrected chi connectivity index (χ2v) is 2.53. The van der Waals surface area contributed by atoms with Gasteiger partial charge in [-0.3, -0.25) is 14.6 Å². The molecule has 0 bridgehead atoms. The molecule has 18 heavy (non-hydrogen) atoms. The topological polar surface area (TPSA) is 124 Å². The van der Waals surface area contributed by atoms with Crippen LogP contribution in [0.15, 0.2) is 0 Å². The third-order valence-electron chi connectivity index (χ3n) is 1.54. The monoisotopic (exact) mass is 268 g/mol. The lowest BCUT2D eigenvalue weighted by molar-refractivity contribution is -0.875. The quantitative estimate of drug-likeness (QED) is 0.266. The molecule has 0 spiro atoms. The molecule has 1 amide bonds. The summed E-state index contributed by atoms with van der Waals surface area (Å²) >= 11 is 0. The molecule has 1 fully saturated rings. The minimum Gasteiger partial charge on any atom is -0.689 e. The second-order valence-electron chi connectivity index (χ2n) is 2.53. The van der Waals surface area contributed by atoms with Crippen molar-refractivity contribution >= 4 is 17.7 Å². The van der Waals surface area contributed by atoms with Crippen LogP contribution in [-0.4, -0.2) is 29.5 Å². The predicted octanol–water partition coefficient (Wildman–Crippen LogP) is -1.05. The summed E-state index contributed by atoms with van der Waals surface area (Å²) in [6.45, 7) is -0.679. The summed E-state index contributed by atoms with van der Waals surface area (Å²) in [4.78, 5) is 41.4. The van der Waals surface area contributed by atoms with Crippen LogP contribution < -0.4 is 5.26 Å². The van der Waals surface area contributed by atoms with E-state index in [0.29, 0.717) is 5.06 Å². The maximum Gasteiger partial charge on any atom is 0.399 e. The predicted molar refractivity (Wildman–Crippen MR) is 49.8 cm³/mol. The SMILES string of the molecule is C.C.O=C1CCC(=O)N(COOOO[O-])OC1=O. The summed E-state index contributed by atoms with van der Waals surface area (Å²) < 4.78 is 0. The largest absolute Gasteiger partial charge is 0.689 e. The molecule has 0 aliphatic carbocycles. The summed E-state index contributed by atoms with van der Waals surface area (Å²) in [7, 11) is 0. The van der Waals surface area contributed by atoms with E-state index in [1.165, 1.54) is 0 Å². The van der Waals surface area contributed by atoms with Gasteiger partial charge in [-0.2, -0.15) is 4.89 Å². The summed E-state index contributed by atoms with van der Waals surface area (Å²) in [5, 5.41) is 19.4. The smallest absolute Gasteiger partial charge is 0.399 e. The lowest BCUT2D eigenvalue weighted by atomic mass is 10.2. The van der Waals surface area contributed by atoms with E-state index in [1.54, 1.807) is 0 Å². The van der Waals surface area contributed by atoms with Crippen molar-refractivity contribution in [2.45, 2.75) is 27.7 Å². The van der Waals surface area contributed by atoms with Gasteiger partial charge in [0.2, 0.25) is 5.78 Å². The summed E-state index contributed by atoms with van der Waals surface area (Å²) in [6.07, 6.45) is -0.442. The number of ketones is 1. The van der Waals surface area contributed by atoms with Gasteiger partial charge in [0.25, 0.3) is 5.91 Å². The van der Waals surface area contributed by atoms with Crippen LogP contribution in [0.1, 0.15) is 27.7 Å². The first kappa shape index (κ1) is 18.8. The van der Waals surface area contributed by atoms with Gasteiger partial charge in [-0.05, 0) is 10.1 Å². The molecule has 0 N–H and O–H groups in total. The van der Waals surface area contributed by atoms with Crippen LogP contribution in [0.3, 0.4) is 0 Å². The molecule has 0 unspecified atom stereocenters. The molecule has 1 aliphatic rings. The number of amides is 1. The van der Waals surface area contributed by atoms with E-state index in [-0.39, 0.29) is 27.7 Å². The standard InChI is InChI=1S/C6H7NO9.2CH4/c8-4-1-2-5(9)7(13-6(4)10)3-12-15-16-14-11;;/h11H,1-3H2;2*1H4/p-1. The van der Waals surface area contributed by atoms with Gasteiger partial charge in [0, 0.05) is 12.8 Å². The van der Waals surface area contributed by atoms with Crippen molar-refractivity contribution in [3.8, 4) is 0 Å². The van der Waals surface area contributed by atoms with Crippen molar-refractivity contribution in [2.24, 2.45) is 0 Å². The molecule has 0 atom stereocenters. The van der Waals surface area contributed by atoms with E-state index in [2.05, 4.69) is 24.8 Å². The second kappa shape index (κ2) is 9.44. The molecule has 1 aliphatic heterocycles. The molecule has 10 heteroatoms. The number of carbonyl (C=O) groups is 3. The number of hydrogen-bond acceptors (Lipinski definition) is 9. The number of hydrogen-bond donors (Lipinski definition) is 0. The molecule has 10 nitrogen and oxygen atoms in total. The van der Waals surface area contributed by atoms with Crippen LogP contribution in [0.5, 0.6) is 0 Å². The highest BCUT2D eigenvalue weighted by Gasteiger charge is 2.29. The van der Waals surface area contributed by atoms with Crippen LogP contribution in [-0.2, 0) is 39.2 Å². The molecule has 0 radical (unpaired) electrons. The summed E-state index contributed by atoms with van der Waals surface area (Å²) in [5.41, 5.74) is 0. The number of nitrogens with zero attached hydrogens (tertiary/aromatic N) is 1. The van der Waals surface area contributed by atoms with Crippen molar-refractivity contribution in [3.63, 3.8) is 0 Å². The third-order valence-corrected chi connectivity index (χ3v) is 1.54. The van der Waals surface area contributed by atoms with Crippen LogP contribution in [0, 0.1) is 0 Å². The fourth-order valence-electron chi connectivity index (χ4n) is 0.848. The van der Waals surface area contributed by atoms with E-state index in [0.717, 1.165) is 0 Å². The Kier molecular flexibility index (Phi) is 9.84. The van der Waals surface area contributed by atoms with Gasteiger partial charge in [-0.25, -0.2) is 4.79 Å². The minimum atomic E-state index is -1.18. The maximum atomic E-state index is 11.2. The molecule has 0 saturated carbocycles. The Labute approximate surface area is 103 Å². The van der Waals surface area contributed by atoms with Crippen LogP contribution in [0.4, 0.5) is 0 Å². The Morgan fingerprint density at radius 1 is 1.17 bits per heavy atom. The number of rotatable bonds is 5. The van der Waals surface area contributed by atoms with Crippen LogP contribution in [0.2, 0.25) is 0 Å². The van der Waals surface area contributed by atoms with Gasteiger partial charge in [0.1, 0.15) is 0 Å². The zero-order valence-corrected chi connectivity index (χ0v) is 7.74. The first-order chi connectivity index (χ1) is 7.65. The highest BCUT2D eigenvalue weighted by atomic mass is 17.8. The highest BCUT2D eigenvalue weighted by molar-refractivity contribution is 6.34. The Hall–Kier alpha value is -1.59. The van der Waals surface area contributed by atoms with E-state index in [1.807, 2.05) is 0 Å². The van der Waals surface area contributed by atoms with E-state index < -0.39 is 24.4 Å². The normalized spacial score (nSPS) is 15.4. The lowest BCUT2D eigenvalue weighted by Gasteiger charge is -2.16. The van der Waals surface area contributed by atoms with Crippen LogP contribution >= 0.6 is 0 Å². The van der Waals surface area contributed by atoms with Crippen molar-refractivity contribution in [1.82, 2.24) is 5.06 Å². The number of carbonyl (C=O) groups excluding carboxylic acids is 3. The fourth-order valence-corrected chi connectivity index (χ4v) is 0.848. The average Bonchev–Trinajstić information content (AvgIpc) is 2.39.